The Morgan fingerprint density at radius 3 is 3.00 bits per heavy atom. The van der Waals surface area contributed by atoms with E-state index in [4.69, 9.17) is 22.1 Å². The Morgan fingerprint density at radius 2 is 2.31 bits per heavy atom. The van der Waals surface area contributed by atoms with Crippen LogP contribution in [-0.4, -0.2) is 18.8 Å². The van der Waals surface area contributed by atoms with Crippen molar-refractivity contribution in [3.8, 4) is 0 Å². The molecule has 2 nitrogen and oxygen atoms in total. The summed E-state index contributed by atoms with van der Waals surface area (Å²) < 4.78 is 18.5. The summed E-state index contributed by atoms with van der Waals surface area (Å²) in [6.07, 6.45) is 2.40. The molecule has 1 aliphatic rings. The SMILES string of the molecule is NC1(Cc2cc(F)ccc2Cl)CCCOC1. The topological polar surface area (TPSA) is 35.2 Å². The average molecular weight is 244 g/mol. The maximum atomic E-state index is 13.1. The first-order chi connectivity index (χ1) is 7.59. The van der Waals surface area contributed by atoms with E-state index in [9.17, 15) is 4.39 Å². The Balaban J connectivity index is 2.15. The van der Waals surface area contributed by atoms with Gasteiger partial charge < -0.3 is 10.5 Å². The number of rotatable bonds is 2. The predicted octanol–water partition coefficient (Wildman–Crippen LogP) is 2.53. The second-order valence-electron chi connectivity index (χ2n) is 4.43. The van der Waals surface area contributed by atoms with E-state index in [1.165, 1.54) is 12.1 Å². The highest BCUT2D eigenvalue weighted by molar-refractivity contribution is 6.31. The Labute approximate surface area is 99.5 Å². The van der Waals surface area contributed by atoms with Crippen LogP contribution in [0.4, 0.5) is 4.39 Å². The van der Waals surface area contributed by atoms with E-state index in [1.54, 1.807) is 6.07 Å². The van der Waals surface area contributed by atoms with Crippen LogP contribution in [0.1, 0.15) is 18.4 Å². The molecule has 1 aromatic rings. The van der Waals surface area contributed by atoms with E-state index in [2.05, 4.69) is 0 Å². The quantitative estimate of drug-likeness (QED) is 0.866. The Bertz CT molecular complexity index is 377. The summed E-state index contributed by atoms with van der Waals surface area (Å²) in [5.41, 5.74) is 6.56. The minimum absolute atomic E-state index is 0.278. The molecule has 16 heavy (non-hydrogen) atoms. The second kappa shape index (κ2) is 4.70. The van der Waals surface area contributed by atoms with Gasteiger partial charge in [-0.15, -0.1) is 0 Å². The first-order valence-corrected chi connectivity index (χ1v) is 5.77. The lowest BCUT2D eigenvalue weighted by Gasteiger charge is -2.33. The van der Waals surface area contributed by atoms with Crippen LogP contribution < -0.4 is 5.73 Å². The van der Waals surface area contributed by atoms with Gasteiger partial charge >= 0.3 is 0 Å². The summed E-state index contributed by atoms with van der Waals surface area (Å²) in [4.78, 5) is 0. The van der Waals surface area contributed by atoms with Crippen LogP contribution in [0.15, 0.2) is 18.2 Å². The lowest BCUT2D eigenvalue weighted by atomic mass is 9.87. The largest absolute Gasteiger partial charge is 0.380 e. The smallest absolute Gasteiger partial charge is 0.123 e. The third kappa shape index (κ3) is 2.73. The molecule has 0 bridgehead atoms. The van der Waals surface area contributed by atoms with Crippen molar-refractivity contribution in [1.82, 2.24) is 0 Å². The Morgan fingerprint density at radius 1 is 1.50 bits per heavy atom. The van der Waals surface area contributed by atoms with Crippen LogP contribution in [0.5, 0.6) is 0 Å². The summed E-state index contributed by atoms with van der Waals surface area (Å²) >= 11 is 6.01. The monoisotopic (exact) mass is 243 g/mol. The molecule has 0 spiro atoms. The van der Waals surface area contributed by atoms with Gasteiger partial charge in [0, 0.05) is 17.2 Å². The van der Waals surface area contributed by atoms with E-state index in [1.807, 2.05) is 0 Å². The number of ether oxygens (including phenoxy) is 1. The van der Waals surface area contributed by atoms with Crippen molar-refractivity contribution in [2.75, 3.05) is 13.2 Å². The molecule has 0 saturated carbocycles. The number of hydrogen-bond donors (Lipinski definition) is 1. The van der Waals surface area contributed by atoms with Gasteiger partial charge in [0.05, 0.1) is 6.61 Å². The average Bonchev–Trinajstić information content (AvgIpc) is 2.24. The van der Waals surface area contributed by atoms with Crippen LogP contribution in [-0.2, 0) is 11.2 Å². The molecular formula is C12H15ClFNO. The molecule has 0 aromatic heterocycles. The highest BCUT2D eigenvalue weighted by Gasteiger charge is 2.29. The van der Waals surface area contributed by atoms with Crippen molar-refractivity contribution in [2.24, 2.45) is 5.73 Å². The molecule has 1 saturated heterocycles. The molecule has 1 aliphatic heterocycles. The number of nitrogens with two attached hydrogens (primary N) is 1. The molecule has 0 amide bonds. The molecule has 0 radical (unpaired) electrons. The molecule has 88 valence electrons. The molecule has 4 heteroatoms. The van der Waals surface area contributed by atoms with Crippen molar-refractivity contribution in [2.45, 2.75) is 24.8 Å². The number of halogens is 2. The zero-order chi connectivity index (χ0) is 11.6. The molecule has 1 aromatic carbocycles. The zero-order valence-electron chi connectivity index (χ0n) is 9.01. The van der Waals surface area contributed by atoms with E-state index in [0.717, 1.165) is 25.0 Å². The second-order valence-corrected chi connectivity index (χ2v) is 4.84. The third-order valence-corrected chi connectivity index (χ3v) is 3.27. The van der Waals surface area contributed by atoms with Gasteiger partial charge in [-0.05, 0) is 43.0 Å². The summed E-state index contributed by atoms with van der Waals surface area (Å²) in [5, 5.41) is 0.566. The maximum Gasteiger partial charge on any atom is 0.123 e. The zero-order valence-corrected chi connectivity index (χ0v) is 9.77. The van der Waals surface area contributed by atoms with Crippen LogP contribution in [0.3, 0.4) is 0 Å². The first kappa shape index (κ1) is 11.8. The van der Waals surface area contributed by atoms with E-state index < -0.39 is 5.54 Å². The van der Waals surface area contributed by atoms with Gasteiger partial charge in [0.1, 0.15) is 5.82 Å². The standard InChI is InChI=1S/C12H15ClFNO/c13-11-3-2-10(14)6-9(11)7-12(15)4-1-5-16-8-12/h2-3,6H,1,4-5,7-8,15H2. The molecule has 2 rings (SSSR count). The maximum absolute atomic E-state index is 13.1. The van der Waals surface area contributed by atoms with Crippen LogP contribution in [0.25, 0.3) is 0 Å². The summed E-state index contributed by atoms with van der Waals surface area (Å²) in [5.74, 6) is -0.278. The van der Waals surface area contributed by atoms with Crippen molar-refractivity contribution >= 4 is 11.6 Å². The predicted molar refractivity (Wildman–Crippen MR) is 62.1 cm³/mol. The molecule has 2 N–H and O–H groups in total. The molecule has 0 aliphatic carbocycles. The first-order valence-electron chi connectivity index (χ1n) is 5.40. The lowest BCUT2D eigenvalue weighted by molar-refractivity contribution is 0.0382. The van der Waals surface area contributed by atoms with Gasteiger partial charge in [0.2, 0.25) is 0 Å². The Kier molecular flexibility index (Phi) is 3.47. The molecule has 1 heterocycles. The van der Waals surface area contributed by atoms with Crippen molar-refractivity contribution < 1.29 is 9.13 Å². The normalized spacial score (nSPS) is 25.7. The summed E-state index contributed by atoms with van der Waals surface area (Å²) in [6.45, 7) is 1.27. The van der Waals surface area contributed by atoms with Gasteiger partial charge in [0.15, 0.2) is 0 Å². The van der Waals surface area contributed by atoms with Crippen LogP contribution in [0.2, 0.25) is 5.02 Å². The van der Waals surface area contributed by atoms with Crippen LogP contribution in [0, 0.1) is 5.82 Å². The van der Waals surface area contributed by atoms with Gasteiger partial charge in [-0.1, -0.05) is 11.6 Å². The highest BCUT2D eigenvalue weighted by atomic mass is 35.5. The number of hydrogen-bond acceptors (Lipinski definition) is 2. The molecule has 1 fully saturated rings. The molecular weight excluding hydrogens is 229 g/mol. The molecule has 1 atom stereocenters. The van der Waals surface area contributed by atoms with Gasteiger partial charge in [0.25, 0.3) is 0 Å². The highest BCUT2D eigenvalue weighted by Crippen LogP contribution is 2.26. The minimum atomic E-state index is -0.407. The van der Waals surface area contributed by atoms with E-state index in [-0.39, 0.29) is 5.82 Å². The molecule has 1 unspecified atom stereocenters. The Hall–Kier alpha value is -0.640. The fourth-order valence-electron chi connectivity index (χ4n) is 2.07. The van der Waals surface area contributed by atoms with E-state index >= 15 is 0 Å². The van der Waals surface area contributed by atoms with Gasteiger partial charge in [-0.25, -0.2) is 4.39 Å². The van der Waals surface area contributed by atoms with Gasteiger partial charge in [-0.3, -0.25) is 0 Å². The van der Waals surface area contributed by atoms with Crippen LogP contribution >= 0.6 is 11.6 Å². The van der Waals surface area contributed by atoms with Crippen molar-refractivity contribution in [3.63, 3.8) is 0 Å². The fraction of sp³-hybridized carbons (Fsp3) is 0.500. The summed E-state index contributed by atoms with van der Waals surface area (Å²) in [7, 11) is 0. The van der Waals surface area contributed by atoms with Crippen molar-refractivity contribution in [3.05, 3.63) is 34.6 Å². The minimum Gasteiger partial charge on any atom is -0.380 e. The fourth-order valence-corrected chi connectivity index (χ4v) is 2.26. The van der Waals surface area contributed by atoms with E-state index in [0.29, 0.717) is 18.1 Å². The lowest BCUT2D eigenvalue weighted by Crippen LogP contribution is -2.49. The number of benzene rings is 1. The van der Waals surface area contributed by atoms with Crippen molar-refractivity contribution in [1.29, 1.82) is 0 Å². The third-order valence-electron chi connectivity index (χ3n) is 2.90. The summed E-state index contributed by atoms with van der Waals surface area (Å²) in [6, 6.07) is 4.37. The van der Waals surface area contributed by atoms with Gasteiger partial charge in [-0.2, -0.15) is 0 Å².